The van der Waals surface area contributed by atoms with Crippen molar-refractivity contribution >= 4 is 17.8 Å². The summed E-state index contributed by atoms with van der Waals surface area (Å²) in [7, 11) is 1.55. The van der Waals surface area contributed by atoms with Gasteiger partial charge in [-0.05, 0) is 37.3 Å². The highest BCUT2D eigenvalue weighted by molar-refractivity contribution is 6.22. The minimum Gasteiger partial charge on any atom is -0.496 e. The van der Waals surface area contributed by atoms with Crippen LogP contribution in [0.1, 0.15) is 42.2 Å². The Labute approximate surface area is 157 Å². The highest BCUT2D eigenvalue weighted by atomic mass is 16.5. The number of nitrogens with zero attached hydrogens (tertiary/aromatic N) is 1. The number of aryl methyl sites for hydroxylation is 1. The van der Waals surface area contributed by atoms with E-state index in [-0.39, 0.29) is 35.7 Å². The Bertz CT molecular complexity index is 948. The number of methoxy groups -OCH3 is 1. The van der Waals surface area contributed by atoms with Gasteiger partial charge in [0, 0.05) is 12.1 Å². The molecule has 0 atom stereocenters. The van der Waals surface area contributed by atoms with E-state index >= 15 is 0 Å². The first-order valence-corrected chi connectivity index (χ1v) is 8.38. The lowest BCUT2D eigenvalue weighted by atomic mass is 10.1. The Balaban J connectivity index is 1.78. The molecule has 6 heteroatoms. The summed E-state index contributed by atoms with van der Waals surface area (Å²) in [4.78, 5) is 38.1. The molecule has 0 radical (unpaired) electrons. The molecule has 0 bridgehead atoms. The van der Waals surface area contributed by atoms with Crippen LogP contribution in [0.3, 0.4) is 0 Å². The summed E-state index contributed by atoms with van der Waals surface area (Å²) in [5.41, 5.74) is 2.45. The van der Waals surface area contributed by atoms with Crippen molar-refractivity contribution in [1.82, 2.24) is 4.90 Å². The maximum Gasteiger partial charge on any atom is 0.338 e. The highest BCUT2D eigenvalue weighted by Gasteiger charge is 2.35. The Morgan fingerprint density at radius 2 is 1.85 bits per heavy atom. The van der Waals surface area contributed by atoms with Crippen molar-refractivity contribution in [2.45, 2.75) is 13.5 Å². The quantitative estimate of drug-likeness (QED) is 0.447. The zero-order chi connectivity index (χ0) is 19.6. The van der Waals surface area contributed by atoms with Crippen LogP contribution in [0.5, 0.6) is 5.75 Å². The largest absolute Gasteiger partial charge is 0.496 e. The van der Waals surface area contributed by atoms with Crippen LogP contribution in [-0.4, -0.2) is 36.3 Å². The van der Waals surface area contributed by atoms with Gasteiger partial charge in [-0.2, -0.15) is 0 Å². The lowest BCUT2D eigenvalue weighted by molar-refractivity contribution is 0.0469. The Kier molecular flexibility index (Phi) is 5.07. The first-order chi connectivity index (χ1) is 13.0. The fourth-order valence-corrected chi connectivity index (χ4v) is 2.96. The predicted molar refractivity (Wildman–Crippen MR) is 98.9 cm³/mol. The third-order valence-corrected chi connectivity index (χ3v) is 4.31. The number of amides is 2. The van der Waals surface area contributed by atoms with E-state index in [1.165, 1.54) is 24.3 Å². The topological polar surface area (TPSA) is 72.9 Å². The second-order valence-corrected chi connectivity index (χ2v) is 6.16. The molecule has 27 heavy (non-hydrogen) atoms. The highest BCUT2D eigenvalue weighted by Crippen LogP contribution is 2.25. The summed E-state index contributed by atoms with van der Waals surface area (Å²) in [6.45, 7) is 5.64. The van der Waals surface area contributed by atoms with Gasteiger partial charge in [0.2, 0.25) is 0 Å². The van der Waals surface area contributed by atoms with Crippen LogP contribution < -0.4 is 4.74 Å². The van der Waals surface area contributed by atoms with E-state index in [1.807, 2.05) is 25.1 Å². The number of rotatable bonds is 6. The molecule has 2 amide bonds. The lowest BCUT2D eigenvalue weighted by Gasteiger charge is -2.10. The van der Waals surface area contributed by atoms with Gasteiger partial charge in [0.15, 0.2) is 0 Å². The van der Waals surface area contributed by atoms with Crippen molar-refractivity contribution in [2.24, 2.45) is 0 Å². The van der Waals surface area contributed by atoms with Crippen LogP contribution in [0.2, 0.25) is 0 Å². The van der Waals surface area contributed by atoms with Gasteiger partial charge in [0.1, 0.15) is 12.4 Å². The summed E-state index contributed by atoms with van der Waals surface area (Å²) in [5, 5.41) is 0. The van der Waals surface area contributed by atoms with E-state index in [0.717, 1.165) is 16.0 Å². The molecule has 0 aromatic heterocycles. The molecule has 138 valence electrons. The molecule has 2 aromatic rings. The van der Waals surface area contributed by atoms with Crippen molar-refractivity contribution in [3.05, 3.63) is 76.9 Å². The van der Waals surface area contributed by atoms with E-state index in [0.29, 0.717) is 5.75 Å². The summed E-state index contributed by atoms with van der Waals surface area (Å²) < 4.78 is 10.6. The number of ether oxygens (including phenoxy) is 2. The second kappa shape index (κ2) is 7.45. The number of imide groups is 1. The van der Waals surface area contributed by atoms with Gasteiger partial charge in [-0.25, -0.2) is 4.79 Å². The molecule has 0 saturated heterocycles. The van der Waals surface area contributed by atoms with E-state index < -0.39 is 11.9 Å². The molecule has 0 saturated carbocycles. The minimum absolute atomic E-state index is 0.0379. The molecule has 3 rings (SSSR count). The van der Waals surface area contributed by atoms with E-state index in [9.17, 15) is 14.4 Å². The van der Waals surface area contributed by atoms with Gasteiger partial charge in [0.05, 0.1) is 23.8 Å². The number of hydrogen-bond donors (Lipinski definition) is 0. The van der Waals surface area contributed by atoms with Gasteiger partial charge >= 0.3 is 5.97 Å². The second-order valence-electron chi connectivity index (χ2n) is 6.16. The Hall–Kier alpha value is -3.41. The van der Waals surface area contributed by atoms with Crippen molar-refractivity contribution in [1.29, 1.82) is 0 Å². The third-order valence-electron chi connectivity index (χ3n) is 4.31. The van der Waals surface area contributed by atoms with Crippen LogP contribution in [0, 0.1) is 6.92 Å². The maximum absolute atomic E-state index is 12.4. The molecule has 6 nitrogen and oxygen atoms in total. The summed E-state index contributed by atoms with van der Waals surface area (Å²) in [6, 6.07) is 9.95. The zero-order valence-corrected chi connectivity index (χ0v) is 15.2. The Morgan fingerprint density at radius 1 is 1.11 bits per heavy atom. The molecule has 0 N–H and O–H groups in total. The van der Waals surface area contributed by atoms with E-state index in [1.54, 1.807) is 7.11 Å². The normalized spacial score (nSPS) is 12.7. The smallest absolute Gasteiger partial charge is 0.338 e. The van der Waals surface area contributed by atoms with E-state index in [2.05, 4.69) is 6.58 Å². The van der Waals surface area contributed by atoms with Crippen LogP contribution >= 0.6 is 0 Å². The number of carbonyl (C=O) groups is 3. The molecule has 0 spiro atoms. The number of esters is 1. The monoisotopic (exact) mass is 365 g/mol. The summed E-state index contributed by atoms with van der Waals surface area (Å²) in [5.74, 6) is -0.781. The summed E-state index contributed by atoms with van der Waals surface area (Å²) in [6.07, 6.45) is 1.48. The molecular weight excluding hydrogens is 346 g/mol. The number of hydrogen-bond acceptors (Lipinski definition) is 5. The first-order valence-electron chi connectivity index (χ1n) is 8.38. The maximum atomic E-state index is 12.4. The van der Waals surface area contributed by atoms with Gasteiger partial charge in [-0.1, -0.05) is 17.7 Å². The number of benzene rings is 2. The average molecular weight is 365 g/mol. The molecule has 0 fully saturated rings. The molecule has 0 aliphatic carbocycles. The molecule has 1 aliphatic heterocycles. The standard InChI is InChI=1S/C21H19NO5/c1-4-9-22-19(23)16-7-6-14(11-17(16)20(22)24)21(25)27-12-15-10-13(2)5-8-18(15)26-3/h4-8,10-11H,1,9,12H2,2-3H3. The van der Waals surface area contributed by atoms with Crippen LogP contribution in [0.4, 0.5) is 0 Å². The van der Waals surface area contributed by atoms with Crippen LogP contribution in [0.25, 0.3) is 0 Å². The molecule has 1 aliphatic rings. The van der Waals surface area contributed by atoms with Gasteiger partial charge < -0.3 is 9.47 Å². The van der Waals surface area contributed by atoms with E-state index in [4.69, 9.17) is 9.47 Å². The molecular formula is C21H19NO5. The van der Waals surface area contributed by atoms with Crippen LogP contribution in [0.15, 0.2) is 49.1 Å². The number of fused-ring (bicyclic) bond motifs is 1. The van der Waals surface area contributed by atoms with Crippen molar-refractivity contribution in [3.8, 4) is 5.75 Å². The molecule has 1 heterocycles. The van der Waals surface area contributed by atoms with Crippen molar-refractivity contribution in [2.75, 3.05) is 13.7 Å². The average Bonchev–Trinajstić information content (AvgIpc) is 2.91. The van der Waals surface area contributed by atoms with Gasteiger partial charge in [0.25, 0.3) is 11.8 Å². The van der Waals surface area contributed by atoms with Gasteiger partial charge in [-0.3, -0.25) is 14.5 Å². The first kappa shape index (κ1) is 18.4. The van der Waals surface area contributed by atoms with Crippen molar-refractivity contribution < 1.29 is 23.9 Å². The third kappa shape index (κ3) is 3.46. The zero-order valence-electron chi connectivity index (χ0n) is 15.2. The predicted octanol–water partition coefficient (Wildman–Crippen LogP) is 3.14. The van der Waals surface area contributed by atoms with Crippen LogP contribution in [-0.2, 0) is 11.3 Å². The number of carbonyl (C=O) groups excluding carboxylic acids is 3. The molecule has 2 aromatic carbocycles. The fourth-order valence-electron chi connectivity index (χ4n) is 2.96. The SMILES string of the molecule is C=CCN1C(=O)c2ccc(C(=O)OCc3cc(C)ccc3OC)cc2C1=O. The van der Waals surface area contributed by atoms with Gasteiger partial charge in [-0.15, -0.1) is 6.58 Å². The molecule has 0 unspecified atom stereocenters. The Morgan fingerprint density at radius 3 is 2.56 bits per heavy atom. The lowest BCUT2D eigenvalue weighted by Crippen LogP contribution is -2.29. The fraction of sp³-hybridized carbons (Fsp3) is 0.190. The summed E-state index contributed by atoms with van der Waals surface area (Å²) >= 11 is 0. The van der Waals surface area contributed by atoms with Crippen molar-refractivity contribution in [3.63, 3.8) is 0 Å². The minimum atomic E-state index is -0.580.